The van der Waals surface area contributed by atoms with Crippen LogP contribution in [-0.2, 0) is 18.9 Å². The summed E-state index contributed by atoms with van der Waals surface area (Å²) in [4.78, 5) is 0. The summed E-state index contributed by atoms with van der Waals surface area (Å²) in [5.74, 6) is -1.60. The minimum absolute atomic E-state index is 0.000483. The number of rotatable bonds is 9. The Labute approximate surface area is 306 Å². The summed E-state index contributed by atoms with van der Waals surface area (Å²) in [6.07, 6.45) is -6.34. The Kier molecular flexibility index (Phi) is 12.0. The topological polar surface area (TPSA) is 239 Å². The van der Waals surface area contributed by atoms with Gasteiger partial charge in [-0.25, -0.2) is 0 Å². The minimum atomic E-state index is -1.42. The van der Waals surface area contributed by atoms with Gasteiger partial charge in [0.15, 0.2) is 12.6 Å². The number of allylic oxidation sites excluding steroid dienone is 2. The van der Waals surface area contributed by atoms with Crippen molar-refractivity contribution >= 4 is 0 Å². The van der Waals surface area contributed by atoms with Crippen molar-refractivity contribution in [3.05, 3.63) is 12.2 Å². The van der Waals surface area contributed by atoms with Gasteiger partial charge in [-0.2, -0.15) is 0 Å². The Hall–Kier alpha value is -0.820. The summed E-state index contributed by atoms with van der Waals surface area (Å²) in [6, 6.07) is 0. The maximum absolute atomic E-state index is 12.8. The SMILES string of the molecule is C[C@H](/C=C/[C@@H](C)[C@H](C)CO[C@@H]1OC[C@@H](O)[C@H](O)[C@H]1O)[C@H]1[C@@H](O)[C@@H](O)[C@@H]2[C@]1(C)CC[C@H]1[C@@]3(C)CC[C@H](O[C@@H]4OC[C@H](O)[C@H](O)[C@H]4O)C[C@@H]3[C@@H](O)C[C@@]21O. The lowest BCUT2D eigenvalue weighted by molar-refractivity contribution is -0.300. The fourth-order valence-electron chi connectivity index (χ4n) is 11.6. The van der Waals surface area contributed by atoms with Gasteiger partial charge >= 0.3 is 0 Å². The van der Waals surface area contributed by atoms with E-state index in [9.17, 15) is 51.1 Å². The second-order valence-electron chi connectivity index (χ2n) is 17.9. The van der Waals surface area contributed by atoms with E-state index in [-0.39, 0.29) is 67.9 Å². The standard InChI is InChI=1S/C38H64O14/c1-17(19(3)14-49-34-31(46)27(42)23(40)15-50-34)6-7-18(2)26-29(44)30(45)33-37(26,5)11-9-25-36(4)10-8-20(12-21(36)22(39)13-38(25,33)48)52-35-32(47)28(43)24(41)16-51-35/h6-7,17-35,39-48H,8-16H2,1-5H3/b7-6+/t17-,18-,19-,20+,21-,22+,23-,24+,25+,26+,27+,28+,29-,30-,31-,32-,33-,34-,35+,36+,37-,38+/m1/s1. The average Bonchev–Trinajstić information content (AvgIpc) is 3.30. The second kappa shape index (κ2) is 15.3. The normalized spacial score (nSPS) is 54.2. The third kappa shape index (κ3) is 6.95. The highest BCUT2D eigenvalue weighted by Gasteiger charge is 2.72. The molecule has 2 saturated heterocycles. The van der Waals surface area contributed by atoms with Gasteiger partial charge in [0.2, 0.25) is 0 Å². The van der Waals surface area contributed by atoms with Gasteiger partial charge in [0, 0.05) is 12.3 Å². The number of hydrogen-bond acceptors (Lipinski definition) is 14. The number of aliphatic hydroxyl groups is 10. The molecule has 2 aliphatic heterocycles. The van der Waals surface area contributed by atoms with Crippen LogP contribution in [0, 0.1) is 52.3 Å². The molecule has 10 N–H and O–H groups in total. The molecule has 0 aromatic rings. The summed E-state index contributed by atoms with van der Waals surface area (Å²) < 4.78 is 22.7. The Bertz CT molecular complexity index is 1260. The zero-order valence-electron chi connectivity index (χ0n) is 31.1. The van der Waals surface area contributed by atoms with E-state index in [0.29, 0.717) is 32.1 Å². The van der Waals surface area contributed by atoms with Crippen LogP contribution in [0.4, 0.5) is 0 Å². The molecule has 4 saturated carbocycles. The molecule has 14 nitrogen and oxygen atoms in total. The molecular weight excluding hydrogens is 680 g/mol. The van der Waals surface area contributed by atoms with Gasteiger partial charge in [0.1, 0.15) is 36.6 Å². The Morgan fingerprint density at radius 1 is 0.712 bits per heavy atom. The van der Waals surface area contributed by atoms with Crippen LogP contribution in [0.2, 0.25) is 0 Å². The van der Waals surface area contributed by atoms with Crippen LogP contribution in [0.3, 0.4) is 0 Å². The zero-order chi connectivity index (χ0) is 38.1. The highest BCUT2D eigenvalue weighted by atomic mass is 16.7. The molecule has 0 bridgehead atoms. The van der Waals surface area contributed by atoms with Crippen molar-refractivity contribution in [3.8, 4) is 0 Å². The van der Waals surface area contributed by atoms with Crippen LogP contribution in [0.1, 0.15) is 73.1 Å². The third-order valence-electron chi connectivity index (χ3n) is 14.8. The molecule has 0 spiro atoms. The first-order valence-corrected chi connectivity index (χ1v) is 19.4. The maximum atomic E-state index is 12.8. The first-order chi connectivity index (χ1) is 24.3. The number of hydrogen-bond donors (Lipinski definition) is 10. The fraction of sp³-hybridized carbons (Fsp3) is 0.947. The van der Waals surface area contributed by atoms with Crippen molar-refractivity contribution < 1.29 is 70.0 Å². The molecule has 22 atom stereocenters. The summed E-state index contributed by atoms with van der Waals surface area (Å²) in [5, 5.41) is 108. The van der Waals surface area contributed by atoms with Gasteiger partial charge in [-0.15, -0.1) is 0 Å². The Balaban J connectivity index is 1.11. The smallest absolute Gasteiger partial charge is 0.186 e. The molecule has 0 aromatic heterocycles. The largest absolute Gasteiger partial charge is 0.393 e. The lowest BCUT2D eigenvalue weighted by atomic mass is 9.42. The van der Waals surface area contributed by atoms with E-state index in [4.69, 9.17) is 18.9 Å². The molecule has 0 aromatic carbocycles. The molecular formula is C38H64O14. The zero-order valence-corrected chi connectivity index (χ0v) is 31.1. The number of fused-ring (bicyclic) bond motifs is 5. The Morgan fingerprint density at radius 3 is 1.96 bits per heavy atom. The Morgan fingerprint density at radius 2 is 1.31 bits per heavy atom. The van der Waals surface area contributed by atoms with Crippen molar-refractivity contribution in [1.29, 1.82) is 0 Å². The van der Waals surface area contributed by atoms with Crippen molar-refractivity contribution in [1.82, 2.24) is 0 Å². The molecule has 14 heteroatoms. The van der Waals surface area contributed by atoms with Crippen LogP contribution in [-0.4, -0.2) is 150 Å². The van der Waals surface area contributed by atoms with E-state index in [0.717, 1.165) is 0 Å². The predicted molar refractivity (Wildman–Crippen MR) is 184 cm³/mol. The van der Waals surface area contributed by atoms with Crippen molar-refractivity contribution in [2.45, 2.75) is 152 Å². The lowest BCUT2D eigenvalue weighted by Gasteiger charge is -2.66. The van der Waals surface area contributed by atoms with Crippen molar-refractivity contribution in [3.63, 3.8) is 0 Å². The molecule has 0 unspecified atom stereocenters. The van der Waals surface area contributed by atoms with E-state index in [1.165, 1.54) is 0 Å². The van der Waals surface area contributed by atoms with Gasteiger partial charge in [0.05, 0.1) is 49.8 Å². The van der Waals surface area contributed by atoms with Gasteiger partial charge in [-0.3, -0.25) is 0 Å². The van der Waals surface area contributed by atoms with Gasteiger partial charge in [0.25, 0.3) is 0 Å². The fourth-order valence-corrected chi connectivity index (χ4v) is 11.6. The molecule has 0 amide bonds. The van der Waals surface area contributed by atoms with Gasteiger partial charge in [-0.05, 0) is 78.4 Å². The average molecular weight is 745 g/mol. The van der Waals surface area contributed by atoms with E-state index >= 15 is 0 Å². The van der Waals surface area contributed by atoms with Crippen molar-refractivity contribution in [2.75, 3.05) is 19.8 Å². The van der Waals surface area contributed by atoms with E-state index in [2.05, 4.69) is 26.0 Å². The number of ether oxygens (including phenoxy) is 4. The lowest BCUT2D eigenvalue weighted by Crippen LogP contribution is -2.69. The van der Waals surface area contributed by atoms with Crippen LogP contribution >= 0.6 is 0 Å². The number of aliphatic hydroxyl groups excluding tert-OH is 9. The molecule has 2 heterocycles. The molecule has 6 fully saturated rings. The minimum Gasteiger partial charge on any atom is -0.393 e. The van der Waals surface area contributed by atoms with Gasteiger partial charge in [-0.1, -0.05) is 46.8 Å². The highest BCUT2D eigenvalue weighted by Crippen LogP contribution is 2.70. The predicted octanol–water partition coefficient (Wildman–Crippen LogP) is -0.583. The molecule has 6 rings (SSSR count). The first-order valence-electron chi connectivity index (χ1n) is 19.4. The van der Waals surface area contributed by atoms with E-state index in [1.54, 1.807) is 0 Å². The molecule has 0 radical (unpaired) electrons. The molecule has 52 heavy (non-hydrogen) atoms. The molecule has 6 aliphatic rings. The third-order valence-corrected chi connectivity index (χ3v) is 14.8. The maximum Gasteiger partial charge on any atom is 0.186 e. The highest BCUT2D eigenvalue weighted by molar-refractivity contribution is 5.22. The van der Waals surface area contributed by atoms with Crippen LogP contribution in [0.25, 0.3) is 0 Å². The van der Waals surface area contributed by atoms with E-state index in [1.807, 2.05) is 20.8 Å². The first kappa shape index (κ1) is 40.8. The molecule has 4 aliphatic carbocycles. The summed E-state index contributed by atoms with van der Waals surface area (Å²) in [5.41, 5.74) is -2.51. The molecule has 300 valence electrons. The summed E-state index contributed by atoms with van der Waals surface area (Å²) in [6.45, 7) is 10.2. The van der Waals surface area contributed by atoms with Crippen molar-refractivity contribution in [2.24, 2.45) is 52.3 Å². The van der Waals surface area contributed by atoms with Crippen LogP contribution in [0.15, 0.2) is 12.2 Å². The summed E-state index contributed by atoms with van der Waals surface area (Å²) in [7, 11) is 0. The van der Waals surface area contributed by atoms with E-state index < -0.39 is 89.9 Å². The monoisotopic (exact) mass is 744 g/mol. The van der Waals surface area contributed by atoms with Crippen LogP contribution < -0.4 is 0 Å². The van der Waals surface area contributed by atoms with Crippen LogP contribution in [0.5, 0.6) is 0 Å². The van der Waals surface area contributed by atoms with Gasteiger partial charge < -0.3 is 70.0 Å². The summed E-state index contributed by atoms with van der Waals surface area (Å²) >= 11 is 0. The second-order valence-corrected chi connectivity index (χ2v) is 17.9. The quantitative estimate of drug-likeness (QED) is 0.105.